The van der Waals surface area contributed by atoms with Gasteiger partial charge in [-0.25, -0.2) is 9.59 Å². The Hall–Kier alpha value is -3.48. The van der Waals surface area contributed by atoms with Crippen molar-refractivity contribution in [3.05, 3.63) is 59.2 Å². The Balaban J connectivity index is 2.01. The molecule has 0 saturated heterocycles. The molecule has 2 rings (SSSR count). The summed E-state index contributed by atoms with van der Waals surface area (Å²) in [6.07, 6.45) is 1.05. The molecule has 0 fully saturated rings. The lowest BCUT2D eigenvalue weighted by molar-refractivity contribution is -0.140. The summed E-state index contributed by atoms with van der Waals surface area (Å²) in [5.74, 6) is -2.39. The van der Waals surface area contributed by atoms with Crippen molar-refractivity contribution in [3.63, 3.8) is 0 Å². The number of benzene rings is 2. The van der Waals surface area contributed by atoms with Crippen LogP contribution in [-0.4, -0.2) is 36.2 Å². The fourth-order valence-corrected chi connectivity index (χ4v) is 1.82. The molecule has 0 aliphatic heterocycles. The van der Waals surface area contributed by atoms with Crippen molar-refractivity contribution in [2.24, 2.45) is 0 Å². The third-order valence-corrected chi connectivity index (χ3v) is 2.97. The highest BCUT2D eigenvalue weighted by Crippen LogP contribution is 2.19. The number of aromatic hydroxyl groups is 1. The largest absolute Gasteiger partial charge is 0.507 e. The van der Waals surface area contributed by atoms with Gasteiger partial charge in [-0.3, -0.25) is 9.59 Å². The van der Waals surface area contributed by atoms with Crippen LogP contribution in [0.2, 0.25) is 0 Å². The molecule has 24 heavy (non-hydrogen) atoms. The van der Waals surface area contributed by atoms with E-state index in [4.69, 9.17) is 4.74 Å². The molecule has 0 atom stereocenters. The summed E-state index contributed by atoms with van der Waals surface area (Å²) in [5, 5.41) is 9.59. The van der Waals surface area contributed by atoms with Gasteiger partial charge in [-0.2, -0.15) is 0 Å². The highest BCUT2D eigenvalue weighted by molar-refractivity contribution is 6.00. The SMILES string of the molecule is O=Cc1ccc(O)c(C(=O)OC(=O)COc2ccccc2C=O)c1. The van der Waals surface area contributed by atoms with Crippen LogP contribution >= 0.6 is 0 Å². The summed E-state index contributed by atoms with van der Waals surface area (Å²) < 4.78 is 9.67. The van der Waals surface area contributed by atoms with Gasteiger partial charge < -0.3 is 14.6 Å². The summed E-state index contributed by atoms with van der Waals surface area (Å²) in [7, 11) is 0. The quantitative estimate of drug-likeness (QED) is 0.489. The Kier molecular flexibility index (Phi) is 5.40. The Bertz CT molecular complexity index is 795. The zero-order chi connectivity index (χ0) is 17.5. The van der Waals surface area contributed by atoms with E-state index in [0.29, 0.717) is 12.6 Å². The second-order valence-electron chi connectivity index (χ2n) is 4.60. The second-order valence-corrected chi connectivity index (χ2v) is 4.60. The van der Waals surface area contributed by atoms with E-state index in [0.717, 1.165) is 12.1 Å². The fraction of sp³-hybridized carbons (Fsp3) is 0.0588. The summed E-state index contributed by atoms with van der Waals surface area (Å²) in [4.78, 5) is 45.0. The van der Waals surface area contributed by atoms with Gasteiger partial charge in [0.1, 0.15) is 23.3 Å². The van der Waals surface area contributed by atoms with E-state index in [1.807, 2.05) is 0 Å². The average Bonchev–Trinajstić information content (AvgIpc) is 2.60. The number of carbonyl (C=O) groups excluding carboxylic acids is 4. The topological polar surface area (TPSA) is 107 Å². The average molecular weight is 328 g/mol. The number of carbonyl (C=O) groups is 4. The molecule has 1 N–H and O–H groups in total. The van der Waals surface area contributed by atoms with Crippen LogP contribution in [0.15, 0.2) is 42.5 Å². The van der Waals surface area contributed by atoms with Crippen LogP contribution in [0.4, 0.5) is 0 Å². The van der Waals surface area contributed by atoms with E-state index in [9.17, 15) is 24.3 Å². The fourth-order valence-electron chi connectivity index (χ4n) is 1.82. The van der Waals surface area contributed by atoms with Crippen LogP contribution in [0, 0.1) is 0 Å². The van der Waals surface area contributed by atoms with E-state index >= 15 is 0 Å². The molecule has 0 spiro atoms. The molecule has 122 valence electrons. The number of para-hydroxylation sites is 1. The highest BCUT2D eigenvalue weighted by atomic mass is 16.6. The first-order valence-electron chi connectivity index (χ1n) is 6.75. The monoisotopic (exact) mass is 328 g/mol. The molecular formula is C17H12O7. The standard InChI is InChI=1S/C17H12O7/c18-8-11-5-6-14(20)13(7-11)17(22)24-16(21)10-23-15-4-2-1-3-12(15)9-19/h1-9,20H,10H2. The van der Waals surface area contributed by atoms with Crippen LogP contribution < -0.4 is 4.74 Å². The molecule has 0 saturated carbocycles. The first-order chi connectivity index (χ1) is 11.5. The third-order valence-electron chi connectivity index (χ3n) is 2.97. The van der Waals surface area contributed by atoms with E-state index in [2.05, 4.69) is 4.74 Å². The summed E-state index contributed by atoms with van der Waals surface area (Å²) in [5.41, 5.74) is 0.0672. The normalized spacial score (nSPS) is 9.83. The summed E-state index contributed by atoms with van der Waals surface area (Å²) >= 11 is 0. The van der Waals surface area contributed by atoms with Crippen LogP contribution in [0.25, 0.3) is 0 Å². The van der Waals surface area contributed by atoms with E-state index in [1.165, 1.54) is 18.2 Å². The number of phenolic OH excluding ortho intramolecular Hbond substituents is 1. The lowest BCUT2D eigenvalue weighted by Crippen LogP contribution is -2.19. The number of ether oxygens (including phenoxy) is 2. The molecule has 0 unspecified atom stereocenters. The van der Waals surface area contributed by atoms with Crippen molar-refractivity contribution < 1.29 is 33.8 Å². The Labute approximate surface area is 136 Å². The number of rotatable bonds is 6. The molecule has 7 nitrogen and oxygen atoms in total. The van der Waals surface area contributed by atoms with E-state index < -0.39 is 24.3 Å². The number of hydrogen-bond donors (Lipinski definition) is 1. The van der Waals surface area contributed by atoms with Crippen LogP contribution in [0.3, 0.4) is 0 Å². The zero-order valence-corrected chi connectivity index (χ0v) is 12.3. The maximum Gasteiger partial charge on any atom is 0.352 e. The maximum absolute atomic E-state index is 11.8. The van der Waals surface area contributed by atoms with Crippen LogP contribution in [0.1, 0.15) is 31.1 Å². The molecule has 0 aromatic heterocycles. The summed E-state index contributed by atoms with van der Waals surface area (Å²) in [6.45, 7) is -0.606. The second kappa shape index (κ2) is 7.68. The van der Waals surface area contributed by atoms with E-state index in [1.54, 1.807) is 12.1 Å². The van der Waals surface area contributed by atoms with Gasteiger partial charge in [0, 0.05) is 5.56 Å². The molecule has 0 aliphatic carbocycles. The molecule has 7 heteroatoms. The molecule has 0 heterocycles. The van der Waals surface area contributed by atoms with Crippen LogP contribution in [-0.2, 0) is 9.53 Å². The van der Waals surface area contributed by atoms with E-state index in [-0.39, 0.29) is 22.4 Å². The van der Waals surface area contributed by atoms with Crippen molar-refractivity contribution in [1.29, 1.82) is 0 Å². The third kappa shape index (κ3) is 4.04. The van der Waals surface area contributed by atoms with Gasteiger partial charge in [0.2, 0.25) is 0 Å². The molecule has 0 amide bonds. The lowest BCUT2D eigenvalue weighted by atomic mass is 10.1. The molecule has 0 aliphatic rings. The predicted molar refractivity (Wildman–Crippen MR) is 81.2 cm³/mol. The maximum atomic E-state index is 11.8. The van der Waals surface area contributed by atoms with Gasteiger partial charge in [0.05, 0.1) is 5.56 Å². The predicted octanol–water partition coefficient (Wildman–Crippen LogP) is 1.78. The van der Waals surface area contributed by atoms with Crippen molar-refractivity contribution in [1.82, 2.24) is 0 Å². The van der Waals surface area contributed by atoms with Crippen molar-refractivity contribution in [2.75, 3.05) is 6.61 Å². The number of hydrogen-bond acceptors (Lipinski definition) is 7. The van der Waals surface area contributed by atoms with Gasteiger partial charge >= 0.3 is 11.9 Å². The first-order valence-corrected chi connectivity index (χ1v) is 6.75. The zero-order valence-electron chi connectivity index (χ0n) is 12.3. The molecule has 2 aromatic carbocycles. The van der Waals surface area contributed by atoms with Gasteiger partial charge in [-0.05, 0) is 30.3 Å². The smallest absolute Gasteiger partial charge is 0.352 e. The van der Waals surface area contributed by atoms with Crippen molar-refractivity contribution >= 4 is 24.5 Å². The minimum atomic E-state index is -1.12. The van der Waals surface area contributed by atoms with Gasteiger partial charge in [-0.15, -0.1) is 0 Å². The van der Waals surface area contributed by atoms with Crippen LogP contribution in [0.5, 0.6) is 11.5 Å². The Morgan fingerprint density at radius 3 is 2.50 bits per heavy atom. The molecule has 0 radical (unpaired) electrons. The lowest BCUT2D eigenvalue weighted by Gasteiger charge is -2.08. The number of aldehydes is 2. The van der Waals surface area contributed by atoms with Crippen molar-refractivity contribution in [2.45, 2.75) is 0 Å². The van der Waals surface area contributed by atoms with Crippen molar-refractivity contribution in [3.8, 4) is 11.5 Å². The van der Waals surface area contributed by atoms with Gasteiger partial charge in [-0.1, -0.05) is 12.1 Å². The Morgan fingerprint density at radius 2 is 1.79 bits per heavy atom. The van der Waals surface area contributed by atoms with Gasteiger partial charge in [0.15, 0.2) is 12.9 Å². The highest BCUT2D eigenvalue weighted by Gasteiger charge is 2.18. The molecule has 0 bridgehead atoms. The Morgan fingerprint density at radius 1 is 1.04 bits per heavy atom. The summed E-state index contributed by atoms with van der Waals surface area (Å²) in [6, 6.07) is 9.77. The molecular weight excluding hydrogens is 316 g/mol. The first kappa shape index (κ1) is 16.9. The number of esters is 2. The number of phenols is 1. The molecule has 2 aromatic rings. The minimum absolute atomic E-state index is 0.142. The van der Waals surface area contributed by atoms with Gasteiger partial charge in [0.25, 0.3) is 0 Å². The minimum Gasteiger partial charge on any atom is -0.507 e.